The van der Waals surface area contributed by atoms with Crippen LogP contribution in [0.5, 0.6) is 0 Å². The van der Waals surface area contributed by atoms with Gasteiger partial charge in [-0.3, -0.25) is 4.79 Å². The molecule has 1 aliphatic carbocycles. The minimum absolute atomic E-state index is 0.0337. The molecular weight excluding hydrogens is 338 g/mol. The number of nitrogens with one attached hydrogen (secondary N) is 1. The second-order valence-corrected chi connectivity index (χ2v) is 7.68. The molecule has 0 radical (unpaired) electrons. The molecule has 1 atom stereocenters. The Morgan fingerprint density at radius 1 is 1.08 bits per heavy atom. The van der Waals surface area contributed by atoms with Crippen LogP contribution in [0.15, 0.2) is 0 Å². The molecule has 1 fully saturated rings. The molecule has 0 heterocycles. The maximum Gasteiger partial charge on any atom is 0.408 e. The molecule has 150 valence electrons. The quantitative estimate of drug-likeness (QED) is 0.520. The van der Waals surface area contributed by atoms with E-state index in [1.807, 2.05) is 0 Å². The Morgan fingerprint density at radius 2 is 1.73 bits per heavy atom. The second kappa shape index (κ2) is 11.0. The minimum atomic E-state index is -0.938. The van der Waals surface area contributed by atoms with Crippen LogP contribution in [0.2, 0.25) is 0 Å². The van der Waals surface area contributed by atoms with Crippen LogP contribution >= 0.6 is 0 Å². The van der Waals surface area contributed by atoms with Crippen LogP contribution in [0.1, 0.15) is 72.6 Å². The summed E-state index contributed by atoms with van der Waals surface area (Å²) in [6.45, 7) is 7.50. The van der Waals surface area contributed by atoms with Gasteiger partial charge in [-0.25, -0.2) is 9.59 Å². The Hall–Kier alpha value is -1.79. The van der Waals surface area contributed by atoms with Gasteiger partial charge in [0, 0.05) is 6.42 Å². The molecule has 1 amide bonds. The molecule has 0 saturated heterocycles. The number of carbonyl (C=O) groups is 3. The fourth-order valence-electron chi connectivity index (χ4n) is 2.84. The summed E-state index contributed by atoms with van der Waals surface area (Å²) in [5.41, 5.74) is -0.678. The number of carbonyl (C=O) groups excluding carboxylic acids is 3. The molecule has 0 aromatic carbocycles. The van der Waals surface area contributed by atoms with Gasteiger partial charge in [0.1, 0.15) is 11.6 Å². The van der Waals surface area contributed by atoms with Crippen LogP contribution < -0.4 is 5.32 Å². The van der Waals surface area contributed by atoms with Crippen molar-refractivity contribution >= 4 is 18.0 Å². The second-order valence-electron chi connectivity index (χ2n) is 7.68. The molecule has 0 aliphatic heterocycles. The molecule has 26 heavy (non-hydrogen) atoms. The smallest absolute Gasteiger partial charge is 0.408 e. The summed E-state index contributed by atoms with van der Waals surface area (Å²) in [5.74, 6) is -0.511. The minimum Gasteiger partial charge on any atom is -0.465 e. The third-order valence-corrected chi connectivity index (χ3v) is 4.10. The first-order chi connectivity index (χ1) is 12.2. The van der Waals surface area contributed by atoms with Gasteiger partial charge in [-0.2, -0.15) is 0 Å². The maximum absolute atomic E-state index is 12.0. The number of esters is 2. The zero-order valence-electron chi connectivity index (χ0n) is 16.5. The van der Waals surface area contributed by atoms with E-state index in [4.69, 9.17) is 14.2 Å². The SMILES string of the molecule is CCOC(=O)[C@H](CCC(=O)OCC1CCCCC1)NC(=O)OC(C)(C)C. The summed E-state index contributed by atoms with van der Waals surface area (Å²) in [7, 11) is 0. The predicted octanol–water partition coefficient (Wildman–Crippen LogP) is 3.35. The fraction of sp³-hybridized carbons (Fsp3) is 0.842. The van der Waals surface area contributed by atoms with Crippen LogP contribution in [0, 0.1) is 5.92 Å². The van der Waals surface area contributed by atoms with Gasteiger partial charge in [-0.15, -0.1) is 0 Å². The fourth-order valence-corrected chi connectivity index (χ4v) is 2.84. The Morgan fingerprint density at radius 3 is 2.31 bits per heavy atom. The summed E-state index contributed by atoms with van der Waals surface area (Å²) in [6.07, 6.45) is 5.25. The first kappa shape index (κ1) is 22.3. The normalized spacial score (nSPS) is 16.5. The molecule has 0 aromatic heterocycles. The summed E-state index contributed by atoms with van der Waals surface area (Å²) in [6, 6.07) is -0.938. The monoisotopic (exact) mass is 371 g/mol. The molecule has 1 saturated carbocycles. The van der Waals surface area contributed by atoms with Crippen LogP contribution in [0.3, 0.4) is 0 Å². The number of hydrogen-bond donors (Lipinski definition) is 1. The van der Waals surface area contributed by atoms with E-state index in [9.17, 15) is 14.4 Å². The highest BCUT2D eigenvalue weighted by atomic mass is 16.6. The third-order valence-electron chi connectivity index (χ3n) is 4.10. The van der Waals surface area contributed by atoms with Crippen molar-refractivity contribution < 1.29 is 28.6 Å². The predicted molar refractivity (Wildman–Crippen MR) is 96.6 cm³/mol. The van der Waals surface area contributed by atoms with E-state index in [1.165, 1.54) is 19.3 Å². The van der Waals surface area contributed by atoms with Crippen molar-refractivity contribution in [2.75, 3.05) is 13.2 Å². The van der Waals surface area contributed by atoms with Gasteiger partial charge in [0.2, 0.25) is 0 Å². The third kappa shape index (κ3) is 9.63. The van der Waals surface area contributed by atoms with E-state index >= 15 is 0 Å². The van der Waals surface area contributed by atoms with Crippen LogP contribution in [-0.4, -0.2) is 42.9 Å². The van der Waals surface area contributed by atoms with Gasteiger partial charge in [0.25, 0.3) is 0 Å². The lowest BCUT2D eigenvalue weighted by Gasteiger charge is -2.23. The van der Waals surface area contributed by atoms with E-state index in [0.717, 1.165) is 12.8 Å². The molecule has 1 N–H and O–H groups in total. The summed E-state index contributed by atoms with van der Waals surface area (Å²) in [5, 5.41) is 2.48. The molecule has 1 rings (SSSR count). The lowest BCUT2D eigenvalue weighted by atomic mass is 9.90. The van der Waals surface area contributed by atoms with E-state index in [0.29, 0.717) is 12.5 Å². The van der Waals surface area contributed by atoms with E-state index < -0.39 is 23.7 Å². The van der Waals surface area contributed by atoms with E-state index in [1.54, 1.807) is 27.7 Å². The standard InChI is InChI=1S/C19H33NO6/c1-5-24-17(22)15(20-18(23)26-19(2,3)4)11-12-16(21)25-13-14-9-7-6-8-10-14/h14-15H,5-13H2,1-4H3,(H,20,23)/t15-/m0/s1. The van der Waals surface area contributed by atoms with Crippen LogP contribution in [0.25, 0.3) is 0 Å². The van der Waals surface area contributed by atoms with Crippen LogP contribution in [0.4, 0.5) is 4.79 Å². The van der Waals surface area contributed by atoms with Gasteiger partial charge in [-0.05, 0) is 52.9 Å². The molecule has 0 bridgehead atoms. The highest BCUT2D eigenvalue weighted by Crippen LogP contribution is 2.23. The van der Waals surface area contributed by atoms with Gasteiger partial charge < -0.3 is 19.5 Å². The summed E-state index contributed by atoms with van der Waals surface area (Å²) >= 11 is 0. The summed E-state index contributed by atoms with van der Waals surface area (Å²) < 4.78 is 15.4. The van der Waals surface area contributed by atoms with Gasteiger partial charge in [-0.1, -0.05) is 19.3 Å². The molecule has 0 spiro atoms. The summed E-state index contributed by atoms with van der Waals surface area (Å²) in [4.78, 5) is 35.9. The number of ether oxygens (including phenoxy) is 3. The van der Waals surface area contributed by atoms with Gasteiger partial charge in [0.05, 0.1) is 13.2 Å². The molecule has 7 heteroatoms. The Labute approximate surface area is 156 Å². The topological polar surface area (TPSA) is 90.9 Å². The maximum atomic E-state index is 12.0. The molecule has 0 unspecified atom stereocenters. The van der Waals surface area contributed by atoms with Crippen LogP contribution in [-0.2, 0) is 23.8 Å². The van der Waals surface area contributed by atoms with Crippen molar-refractivity contribution in [1.82, 2.24) is 5.32 Å². The largest absolute Gasteiger partial charge is 0.465 e. The Kier molecular flexibility index (Phi) is 9.44. The van der Waals surface area contributed by atoms with Gasteiger partial charge >= 0.3 is 18.0 Å². The highest BCUT2D eigenvalue weighted by Gasteiger charge is 2.26. The van der Waals surface area contributed by atoms with Crippen molar-refractivity contribution in [2.24, 2.45) is 5.92 Å². The molecule has 7 nitrogen and oxygen atoms in total. The lowest BCUT2D eigenvalue weighted by Crippen LogP contribution is -2.44. The average Bonchev–Trinajstić information content (AvgIpc) is 2.56. The highest BCUT2D eigenvalue weighted by molar-refractivity contribution is 5.82. The lowest BCUT2D eigenvalue weighted by molar-refractivity contribution is -0.148. The van der Waals surface area contributed by atoms with Crippen molar-refractivity contribution in [1.29, 1.82) is 0 Å². The average molecular weight is 371 g/mol. The van der Waals surface area contributed by atoms with Crippen molar-refractivity contribution in [3.63, 3.8) is 0 Å². The number of alkyl carbamates (subject to hydrolysis) is 1. The first-order valence-electron chi connectivity index (χ1n) is 9.53. The Bertz CT molecular complexity index is 465. The zero-order chi connectivity index (χ0) is 19.6. The molecular formula is C19H33NO6. The van der Waals surface area contributed by atoms with Gasteiger partial charge in [0.15, 0.2) is 0 Å². The number of amides is 1. The number of hydrogen-bond acceptors (Lipinski definition) is 6. The van der Waals surface area contributed by atoms with E-state index in [-0.39, 0.29) is 25.4 Å². The van der Waals surface area contributed by atoms with Crippen molar-refractivity contribution in [3.05, 3.63) is 0 Å². The Balaban J connectivity index is 2.44. The molecule has 0 aromatic rings. The molecule has 1 aliphatic rings. The van der Waals surface area contributed by atoms with Crippen molar-refractivity contribution in [3.8, 4) is 0 Å². The zero-order valence-corrected chi connectivity index (χ0v) is 16.5. The first-order valence-corrected chi connectivity index (χ1v) is 9.53. The number of rotatable bonds is 8. The van der Waals surface area contributed by atoms with Crippen molar-refractivity contribution in [2.45, 2.75) is 84.3 Å². The van der Waals surface area contributed by atoms with E-state index in [2.05, 4.69) is 5.32 Å².